The van der Waals surface area contributed by atoms with E-state index in [1.807, 2.05) is 6.07 Å². The SMILES string of the molecule is CC(C)CCC(CO)Cc1ccccc1. The third-order valence-corrected chi connectivity index (χ3v) is 2.78. The molecule has 0 heterocycles. The summed E-state index contributed by atoms with van der Waals surface area (Å²) in [5, 5.41) is 9.30. The van der Waals surface area contributed by atoms with Crippen molar-refractivity contribution < 1.29 is 5.11 Å². The summed E-state index contributed by atoms with van der Waals surface area (Å²) in [6, 6.07) is 10.4. The first kappa shape index (κ1) is 12.3. The lowest BCUT2D eigenvalue weighted by Crippen LogP contribution is -2.10. The molecule has 0 aliphatic heterocycles. The Hall–Kier alpha value is -0.820. The molecule has 0 spiro atoms. The highest BCUT2D eigenvalue weighted by Gasteiger charge is 2.09. The zero-order valence-electron chi connectivity index (χ0n) is 9.82. The van der Waals surface area contributed by atoms with Crippen LogP contribution in [0, 0.1) is 11.8 Å². The Kier molecular flexibility index (Phi) is 5.41. The highest BCUT2D eigenvalue weighted by molar-refractivity contribution is 5.15. The predicted molar refractivity (Wildman–Crippen MR) is 64.8 cm³/mol. The normalized spacial score (nSPS) is 13.1. The Morgan fingerprint density at radius 1 is 1.07 bits per heavy atom. The van der Waals surface area contributed by atoms with Crippen LogP contribution in [-0.4, -0.2) is 11.7 Å². The highest BCUT2D eigenvalue weighted by Crippen LogP contribution is 2.16. The molecule has 1 unspecified atom stereocenters. The Morgan fingerprint density at radius 3 is 2.27 bits per heavy atom. The van der Waals surface area contributed by atoms with Crippen LogP contribution in [0.1, 0.15) is 32.3 Å². The summed E-state index contributed by atoms with van der Waals surface area (Å²) in [5.41, 5.74) is 1.33. The molecule has 0 aromatic heterocycles. The average Bonchev–Trinajstić information content (AvgIpc) is 2.25. The second kappa shape index (κ2) is 6.62. The third kappa shape index (κ3) is 4.98. The first-order chi connectivity index (χ1) is 7.22. The quantitative estimate of drug-likeness (QED) is 0.757. The van der Waals surface area contributed by atoms with Gasteiger partial charge < -0.3 is 5.11 Å². The molecule has 1 heteroatoms. The van der Waals surface area contributed by atoms with E-state index in [1.165, 1.54) is 12.0 Å². The molecule has 1 atom stereocenters. The van der Waals surface area contributed by atoms with E-state index in [2.05, 4.69) is 38.1 Å². The summed E-state index contributed by atoms with van der Waals surface area (Å²) in [4.78, 5) is 0. The smallest absolute Gasteiger partial charge is 0.0462 e. The van der Waals surface area contributed by atoms with Crippen molar-refractivity contribution in [3.05, 3.63) is 35.9 Å². The van der Waals surface area contributed by atoms with Crippen LogP contribution in [0.2, 0.25) is 0 Å². The van der Waals surface area contributed by atoms with Gasteiger partial charge in [-0.2, -0.15) is 0 Å². The van der Waals surface area contributed by atoms with Gasteiger partial charge in [0.15, 0.2) is 0 Å². The van der Waals surface area contributed by atoms with E-state index in [0.717, 1.165) is 18.8 Å². The maximum Gasteiger partial charge on any atom is 0.0462 e. The molecule has 0 radical (unpaired) electrons. The van der Waals surface area contributed by atoms with Crippen LogP contribution in [0.4, 0.5) is 0 Å². The minimum atomic E-state index is 0.307. The lowest BCUT2D eigenvalue weighted by atomic mass is 9.92. The summed E-state index contributed by atoms with van der Waals surface area (Å²) in [6.07, 6.45) is 3.34. The molecule has 1 nitrogen and oxygen atoms in total. The van der Waals surface area contributed by atoms with Gasteiger partial charge >= 0.3 is 0 Å². The zero-order chi connectivity index (χ0) is 11.1. The number of hydrogen-bond acceptors (Lipinski definition) is 1. The van der Waals surface area contributed by atoms with Crippen LogP contribution in [0.15, 0.2) is 30.3 Å². The monoisotopic (exact) mass is 206 g/mol. The van der Waals surface area contributed by atoms with E-state index in [1.54, 1.807) is 0 Å². The molecule has 1 rings (SSSR count). The molecule has 0 saturated heterocycles. The van der Waals surface area contributed by atoms with E-state index >= 15 is 0 Å². The van der Waals surface area contributed by atoms with Gasteiger partial charge in [-0.1, -0.05) is 50.6 Å². The van der Waals surface area contributed by atoms with Gasteiger partial charge in [0.1, 0.15) is 0 Å². The van der Waals surface area contributed by atoms with Crippen LogP contribution >= 0.6 is 0 Å². The van der Waals surface area contributed by atoms with E-state index < -0.39 is 0 Å². The molecule has 1 aromatic rings. The zero-order valence-corrected chi connectivity index (χ0v) is 9.82. The van der Waals surface area contributed by atoms with Gasteiger partial charge in [-0.3, -0.25) is 0 Å². The molecule has 1 N–H and O–H groups in total. The third-order valence-electron chi connectivity index (χ3n) is 2.78. The number of aliphatic hydroxyl groups excluding tert-OH is 1. The van der Waals surface area contributed by atoms with Gasteiger partial charge in [0.2, 0.25) is 0 Å². The lowest BCUT2D eigenvalue weighted by molar-refractivity contribution is 0.211. The molecule has 0 bridgehead atoms. The second-order valence-electron chi connectivity index (χ2n) is 4.71. The predicted octanol–water partition coefficient (Wildman–Crippen LogP) is 3.27. The Balaban J connectivity index is 2.40. The summed E-state index contributed by atoms with van der Waals surface area (Å²) in [6.45, 7) is 4.77. The Bertz CT molecular complexity index is 253. The Morgan fingerprint density at radius 2 is 1.73 bits per heavy atom. The maximum absolute atomic E-state index is 9.30. The van der Waals surface area contributed by atoms with Crippen molar-refractivity contribution in [3.8, 4) is 0 Å². The topological polar surface area (TPSA) is 20.2 Å². The highest BCUT2D eigenvalue weighted by atomic mass is 16.3. The lowest BCUT2D eigenvalue weighted by Gasteiger charge is -2.15. The fraction of sp³-hybridized carbons (Fsp3) is 0.571. The average molecular weight is 206 g/mol. The van der Waals surface area contributed by atoms with Crippen LogP contribution < -0.4 is 0 Å². The van der Waals surface area contributed by atoms with Crippen LogP contribution in [0.25, 0.3) is 0 Å². The van der Waals surface area contributed by atoms with Crippen molar-refractivity contribution in [2.45, 2.75) is 33.1 Å². The largest absolute Gasteiger partial charge is 0.396 e. The van der Waals surface area contributed by atoms with Crippen molar-refractivity contribution >= 4 is 0 Å². The molecular weight excluding hydrogens is 184 g/mol. The van der Waals surface area contributed by atoms with E-state index in [9.17, 15) is 5.11 Å². The van der Waals surface area contributed by atoms with Gasteiger partial charge in [-0.05, 0) is 30.2 Å². The van der Waals surface area contributed by atoms with Crippen LogP contribution in [0.3, 0.4) is 0 Å². The minimum Gasteiger partial charge on any atom is -0.396 e. The molecule has 1 aromatic carbocycles. The molecule has 84 valence electrons. The molecule has 0 aliphatic rings. The van der Waals surface area contributed by atoms with Crippen molar-refractivity contribution in [2.75, 3.05) is 6.61 Å². The Labute approximate surface area is 93.1 Å². The van der Waals surface area contributed by atoms with Crippen molar-refractivity contribution in [1.82, 2.24) is 0 Å². The molecule has 0 aliphatic carbocycles. The van der Waals surface area contributed by atoms with Crippen LogP contribution in [-0.2, 0) is 6.42 Å². The molecule has 0 saturated carbocycles. The fourth-order valence-corrected chi connectivity index (χ4v) is 1.77. The number of hydrogen-bond donors (Lipinski definition) is 1. The summed E-state index contributed by atoms with van der Waals surface area (Å²) in [5.74, 6) is 1.16. The summed E-state index contributed by atoms with van der Waals surface area (Å²) in [7, 11) is 0. The first-order valence-electron chi connectivity index (χ1n) is 5.87. The van der Waals surface area contributed by atoms with E-state index in [0.29, 0.717) is 12.5 Å². The summed E-state index contributed by atoms with van der Waals surface area (Å²) >= 11 is 0. The summed E-state index contributed by atoms with van der Waals surface area (Å²) < 4.78 is 0. The van der Waals surface area contributed by atoms with E-state index in [-0.39, 0.29) is 0 Å². The van der Waals surface area contributed by atoms with Gasteiger partial charge in [0.05, 0.1) is 0 Å². The van der Waals surface area contributed by atoms with Crippen molar-refractivity contribution in [1.29, 1.82) is 0 Å². The van der Waals surface area contributed by atoms with Gasteiger partial charge in [0, 0.05) is 6.61 Å². The molecule has 15 heavy (non-hydrogen) atoms. The van der Waals surface area contributed by atoms with Crippen molar-refractivity contribution in [3.63, 3.8) is 0 Å². The van der Waals surface area contributed by atoms with Gasteiger partial charge in [0.25, 0.3) is 0 Å². The standard InChI is InChI=1S/C14H22O/c1-12(2)8-9-14(11-15)10-13-6-4-3-5-7-13/h3-7,12,14-15H,8-11H2,1-2H3. The van der Waals surface area contributed by atoms with Gasteiger partial charge in [-0.15, -0.1) is 0 Å². The van der Waals surface area contributed by atoms with Crippen molar-refractivity contribution in [2.24, 2.45) is 11.8 Å². The van der Waals surface area contributed by atoms with Gasteiger partial charge in [-0.25, -0.2) is 0 Å². The fourth-order valence-electron chi connectivity index (χ4n) is 1.77. The second-order valence-corrected chi connectivity index (χ2v) is 4.71. The number of aliphatic hydroxyl groups is 1. The number of rotatable bonds is 6. The minimum absolute atomic E-state index is 0.307. The first-order valence-corrected chi connectivity index (χ1v) is 5.87. The maximum atomic E-state index is 9.30. The molecular formula is C14H22O. The van der Waals surface area contributed by atoms with Crippen LogP contribution in [0.5, 0.6) is 0 Å². The molecule has 0 amide bonds. The number of benzene rings is 1. The van der Waals surface area contributed by atoms with E-state index in [4.69, 9.17) is 0 Å². The molecule has 0 fully saturated rings.